The lowest BCUT2D eigenvalue weighted by atomic mass is 10.0. The maximum Gasteiger partial charge on any atom is 0.305 e. The van der Waals surface area contributed by atoms with Crippen molar-refractivity contribution >= 4 is 23.2 Å². The van der Waals surface area contributed by atoms with Crippen molar-refractivity contribution in [1.82, 2.24) is 0 Å². The Bertz CT molecular complexity index is 1180. The summed E-state index contributed by atoms with van der Waals surface area (Å²) in [4.78, 5) is 32.8. The lowest BCUT2D eigenvalue weighted by Crippen LogP contribution is -1.99. The van der Waals surface area contributed by atoms with E-state index in [0.29, 0.717) is 18.0 Å². The number of nitrogens with two attached hydrogens (primary N) is 2. The largest absolute Gasteiger partial charge is 0.469 e. The van der Waals surface area contributed by atoms with Crippen molar-refractivity contribution in [2.45, 2.75) is 337 Å². The zero-order chi connectivity index (χ0) is 52.7. The van der Waals surface area contributed by atoms with E-state index in [2.05, 4.69) is 31.2 Å². The van der Waals surface area contributed by atoms with Gasteiger partial charge in [0.2, 0.25) is 0 Å². The Balaban J connectivity index is -0.000000423. The molecule has 0 aromatic heterocycles. The number of esters is 1. The maximum absolute atomic E-state index is 11.1. The highest BCUT2D eigenvalue weighted by molar-refractivity contribution is 5.77. The summed E-state index contributed by atoms with van der Waals surface area (Å²) in [5.74, 6) is 0.714. The lowest BCUT2D eigenvalue weighted by molar-refractivity contribution is -0.140. The second-order valence-electron chi connectivity index (χ2n) is 20.2. The van der Waals surface area contributed by atoms with Gasteiger partial charge in [0.1, 0.15) is 11.6 Å². The van der Waals surface area contributed by atoms with Crippen molar-refractivity contribution < 1.29 is 19.1 Å². The third-order valence-electron chi connectivity index (χ3n) is 13.1. The first-order valence-corrected chi connectivity index (χ1v) is 30.1. The number of Topliss-reactive ketones (excluding diaryl/α,β-unsaturated/α-hetero) is 2. The molecule has 0 bridgehead atoms. The molecule has 0 saturated carbocycles. The minimum atomic E-state index is -0.0639. The van der Waals surface area contributed by atoms with E-state index in [9.17, 15) is 14.4 Å². The van der Waals surface area contributed by atoms with Crippen LogP contribution in [0.25, 0.3) is 0 Å². The van der Waals surface area contributed by atoms with Gasteiger partial charge < -0.3 is 21.0 Å². The molecule has 1 rings (SSSR count). The minimum Gasteiger partial charge on any atom is -0.469 e. The number of nitrogen functional groups attached to an aromatic ring is 1. The van der Waals surface area contributed by atoms with Crippen LogP contribution in [-0.2, 0) is 19.1 Å². The number of carbonyl (C=O) groups is 3. The molecule has 1 aromatic carbocycles. The molecular weight excluding hydrogens is 863 g/mol. The number of ether oxygens (including phenoxy) is 1. The van der Waals surface area contributed by atoms with Gasteiger partial charge in [-0.3, -0.25) is 9.59 Å². The van der Waals surface area contributed by atoms with Crippen LogP contribution < -0.4 is 11.5 Å². The highest BCUT2D eigenvalue weighted by Gasteiger charge is 2.01. The molecule has 7 heteroatoms. The number of carbonyl (C=O) groups excluding carboxylic acids is 3. The van der Waals surface area contributed by atoms with Gasteiger partial charge in [0.15, 0.2) is 6.19 Å². The quantitative estimate of drug-likeness (QED) is 0.0218. The number of nitrogens with zero attached hydrogens (tertiary/aromatic N) is 1. The van der Waals surface area contributed by atoms with Gasteiger partial charge in [-0.2, -0.15) is 5.26 Å². The number of ketones is 2. The molecule has 0 fully saturated rings. The molecule has 7 nitrogen and oxygen atoms in total. The SMILES string of the molecule is CCCCCCCCCCCCCCC(=O)CC.CCCCCCCCCCCCCCCC(C)=O.CCCCCCCCCCCCCCCCCCCC(=O)OC.Cc1ccc(N)cc1.N#CN. The third-order valence-corrected chi connectivity index (χ3v) is 13.1. The summed E-state index contributed by atoms with van der Waals surface area (Å²) in [6.45, 7) is 12.5. The predicted octanol–water partition coefficient (Wildman–Crippen LogP) is 20.3. The number of anilines is 1. The van der Waals surface area contributed by atoms with E-state index in [0.717, 1.165) is 44.2 Å². The standard InChI is InChI=1S/C21H42O2.2C17H34O.C7H9N.CH2N2/c1-3-4-5-6-7-8-9-10-11-12-13-14-15-16-17-18-19-20-21(22)23-2;1-3-4-5-6-7-8-9-10-11-12-13-14-15-16-17(2)18;1-3-5-6-7-8-9-10-11-12-13-14-15-16-17(18)4-2;1-6-2-4-7(8)5-3-6;2-1-3/h3-20H2,1-2H3;2*3-16H2,1-2H3;2-5H,8H2,1H3;2H2. The molecule has 0 aliphatic heterocycles. The van der Waals surface area contributed by atoms with E-state index in [4.69, 9.17) is 11.0 Å². The van der Waals surface area contributed by atoms with Gasteiger partial charge in [-0.1, -0.05) is 296 Å². The number of hydrogen-bond donors (Lipinski definition) is 2. The second-order valence-corrected chi connectivity index (χ2v) is 20.2. The van der Waals surface area contributed by atoms with Crippen LogP contribution in [0.3, 0.4) is 0 Å². The number of unbranched alkanes of at least 4 members (excludes halogenated alkanes) is 39. The van der Waals surface area contributed by atoms with Crippen LogP contribution in [0.4, 0.5) is 5.69 Å². The van der Waals surface area contributed by atoms with E-state index >= 15 is 0 Å². The minimum absolute atomic E-state index is 0.0639. The van der Waals surface area contributed by atoms with E-state index in [1.807, 2.05) is 38.1 Å². The summed E-state index contributed by atoms with van der Waals surface area (Å²) in [7, 11) is 1.47. The van der Waals surface area contributed by atoms with Crippen LogP contribution in [0.1, 0.15) is 336 Å². The maximum atomic E-state index is 11.1. The monoisotopic (exact) mass is 984 g/mol. The molecule has 412 valence electrons. The lowest BCUT2D eigenvalue weighted by Gasteiger charge is -2.03. The molecule has 0 aliphatic rings. The average Bonchev–Trinajstić information content (AvgIpc) is 3.35. The van der Waals surface area contributed by atoms with Gasteiger partial charge in [0.05, 0.1) is 7.11 Å². The molecule has 0 heterocycles. The molecule has 1 aromatic rings. The molecule has 4 N–H and O–H groups in total. The second kappa shape index (κ2) is 68.2. The Labute approximate surface area is 437 Å². The van der Waals surface area contributed by atoms with Crippen LogP contribution in [0, 0.1) is 18.4 Å². The van der Waals surface area contributed by atoms with Crippen molar-refractivity contribution in [3.05, 3.63) is 29.8 Å². The molecule has 0 spiro atoms. The van der Waals surface area contributed by atoms with Gasteiger partial charge >= 0.3 is 5.97 Å². The summed E-state index contributed by atoms with van der Waals surface area (Å²) in [5, 5.41) is 7.10. The molecule has 0 amide bonds. The first kappa shape index (κ1) is 73.7. The molecule has 0 unspecified atom stereocenters. The summed E-state index contributed by atoms with van der Waals surface area (Å²) in [6, 6.07) is 7.79. The highest BCUT2D eigenvalue weighted by atomic mass is 16.5. The van der Waals surface area contributed by atoms with Gasteiger partial charge in [0.25, 0.3) is 0 Å². The summed E-state index contributed by atoms with van der Waals surface area (Å²) in [5.41, 5.74) is 11.7. The molecular formula is C63H121N3O4. The van der Waals surface area contributed by atoms with Crippen molar-refractivity contribution in [3.63, 3.8) is 0 Å². The van der Waals surface area contributed by atoms with E-state index in [1.54, 1.807) is 6.92 Å². The Morgan fingerprint density at radius 2 is 0.657 bits per heavy atom. The van der Waals surface area contributed by atoms with Crippen LogP contribution in [0.5, 0.6) is 0 Å². The van der Waals surface area contributed by atoms with Crippen molar-refractivity contribution in [2.75, 3.05) is 12.8 Å². The van der Waals surface area contributed by atoms with Gasteiger partial charge in [-0.05, 0) is 45.2 Å². The highest BCUT2D eigenvalue weighted by Crippen LogP contribution is 2.16. The first-order valence-electron chi connectivity index (χ1n) is 30.1. The number of nitriles is 1. The van der Waals surface area contributed by atoms with Crippen LogP contribution in [0.15, 0.2) is 24.3 Å². The van der Waals surface area contributed by atoms with Crippen LogP contribution in [0.2, 0.25) is 0 Å². The molecule has 0 atom stereocenters. The van der Waals surface area contributed by atoms with E-state index in [-0.39, 0.29) is 5.97 Å². The van der Waals surface area contributed by atoms with Crippen molar-refractivity contribution in [1.29, 1.82) is 5.26 Å². The Morgan fingerprint density at radius 3 is 0.871 bits per heavy atom. The summed E-state index contributed by atoms with van der Waals surface area (Å²) >= 11 is 0. The van der Waals surface area contributed by atoms with E-state index < -0.39 is 0 Å². The fourth-order valence-electron chi connectivity index (χ4n) is 8.39. The van der Waals surface area contributed by atoms with Crippen LogP contribution >= 0.6 is 0 Å². The fraction of sp³-hybridized carbons (Fsp3) is 0.841. The number of aryl methyl sites for hydroxylation is 1. The fourth-order valence-corrected chi connectivity index (χ4v) is 8.39. The zero-order valence-electron chi connectivity index (χ0n) is 48.1. The molecule has 0 radical (unpaired) electrons. The Hall–Kier alpha value is -2.88. The molecule has 0 aliphatic carbocycles. The predicted molar refractivity (Wildman–Crippen MR) is 308 cm³/mol. The summed E-state index contributed by atoms with van der Waals surface area (Å²) in [6.07, 6.45) is 61.7. The number of hydrogen-bond acceptors (Lipinski definition) is 7. The normalized spacial score (nSPS) is 10.3. The zero-order valence-corrected chi connectivity index (χ0v) is 48.1. The van der Waals surface area contributed by atoms with Crippen molar-refractivity contribution in [2.24, 2.45) is 5.73 Å². The van der Waals surface area contributed by atoms with E-state index in [1.165, 1.54) is 269 Å². The molecule has 0 saturated heterocycles. The molecule has 70 heavy (non-hydrogen) atoms. The van der Waals surface area contributed by atoms with Crippen LogP contribution in [-0.4, -0.2) is 24.6 Å². The smallest absolute Gasteiger partial charge is 0.305 e. The first-order chi connectivity index (χ1) is 34.1. The van der Waals surface area contributed by atoms with Gasteiger partial charge in [-0.25, -0.2) is 0 Å². The van der Waals surface area contributed by atoms with Crippen molar-refractivity contribution in [3.8, 4) is 6.19 Å². The number of benzene rings is 1. The van der Waals surface area contributed by atoms with Gasteiger partial charge in [-0.15, -0.1) is 0 Å². The Morgan fingerprint density at radius 1 is 0.429 bits per heavy atom. The number of methoxy groups -OCH3 is 1. The average molecular weight is 985 g/mol. The van der Waals surface area contributed by atoms with Gasteiger partial charge in [0, 0.05) is 31.4 Å². The Kier molecular flexibility index (Phi) is 71.8. The topological polar surface area (TPSA) is 136 Å². The number of rotatable bonds is 46. The third kappa shape index (κ3) is 76.6. The summed E-state index contributed by atoms with van der Waals surface area (Å²) < 4.78 is 4.64.